The molecule has 0 heterocycles. The van der Waals surface area contributed by atoms with Crippen LogP contribution in [-0.4, -0.2) is 13.6 Å². The molecule has 2 atom stereocenters. The van der Waals surface area contributed by atoms with E-state index >= 15 is 0 Å². The van der Waals surface area contributed by atoms with Crippen molar-refractivity contribution in [1.82, 2.24) is 5.32 Å². The van der Waals surface area contributed by atoms with Crippen LogP contribution in [0.5, 0.6) is 0 Å². The lowest BCUT2D eigenvalue weighted by Gasteiger charge is -2.20. The molecule has 0 saturated heterocycles. The second kappa shape index (κ2) is 6.36. The fourth-order valence-electron chi connectivity index (χ4n) is 1.78. The summed E-state index contributed by atoms with van der Waals surface area (Å²) in [7, 11) is 1.96. The zero-order valence-corrected chi connectivity index (χ0v) is 11.6. The fraction of sp³-hybridized carbons (Fsp3) is 0.538. The van der Waals surface area contributed by atoms with Gasteiger partial charge in [0.05, 0.1) is 4.47 Å². The monoisotopic (exact) mass is 287 g/mol. The van der Waals surface area contributed by atoms with Crippen LogP contribution in [0.3, 0.4) is 0 Å². The Bertz CT molecular complexity index is 341. The van der Waals surface area contributed by atoms with Gasteiger partial charge in [-0.2, -0.15) is 0 Å². The van der Waals surface area contributed by atoms with E-state index in [0.29, 0.717) is 16.3 Å². The number of benzene rings is 1. The van der Waals surface area contributed by atoms with Crippen LogP contribution in [0.25, 0.3) is 0 Å². The molecule has 1 N–H and O–H groups in total. The molecule has 0 aliphatic carbocycles. The first-order chi connectivity index (χ1) is 7.56. The third-order valence-corrected chi connectivity index (χ3v) is 3.96. The highest BCUT2D eigenvalue weighted by Crippen LogP contribution is 2.25. The van der Waals surface area contributed by atoms with E-state index in [2.05, 4.69) is 35.1 Å². The van der Waals surface area contributed by atoms with Gasteiger partial charge in [-0.3, -0.25) is 0 Å². The lowest BCUT2D eigenvalue weighted by Crippen LogP contribution is -2.23. The van der Waals surface area contributed by atoms with Gasteiger partial charge in [0.2, 0.25) is 0 Å². The summed E-state index contributed by atoms with van der Waals surface area (Å²) < 4.78 is 13.9. The van der Waals surface area contributed by atoms with Gasteiger partial charge in [-0.15, -0.1) is 0 Å². The van der Waals surface area contributed by atoms with Crippen molar-refractivity contribution in [2.45, 2.75) is 20.3 Å². The van der Waals surface area contributed by atoms with Crippen LogP contribution in [0.4, 0.5) is 4.39 Å². The van der Waals surface area contributed by atoms with E-state index in [-0.39, 0.29) is 5.82 Å². The first-order valence-corrected chi connectivity index (χ1v) is 6.43. The van der Waals surface area contributed by atoms with Crippen molar-refractivity contribution < 1.29 is 4.39 Å². The Labute approximate surface area is 106 Å². The Morgan fingerprint density at radius 1 is 1.31 bits per heavy atom. The smallest absolute Gasteiger partial charge is 0.137 e. The van der Waals surface area contributed by atoms with E-state index < -0.39 is 0 Å². The van der Waals surface area contributed by atoms with Gasteiger partial charge in [0.25, 0.3) is 0 Å². The van der Waals surface area contributed by atoms with Gasteiger partial charge in [0.15, 0.2) is 0 Å². The average molecular weight is 288 g/mol. The summed E-state index contributed by atoms with van der Waals surface area (Å²) in [6.45, 7) is 5.42. The number of hydrogen-bond acceptors (Lipinski definition) is 1. The predicted molar refractivity (Wildman–Crippen MR) is 70.1 cm³/mol. The molecule has 2 unspecified atom stereocenters. The molecule has 0 spiro atoms. The van der Waals surface area contributed by atoms with Gasteiger partial charge in [0.1, 0.15) is 5.82 Å². The zero-order chi connectivity index (χ0) is 12.1. The van der Waals surface area contributed by atoms with E-state index in [1.807, 2.05) is 13.1 Å². The largest absolute Gasteiger partial charge is 0.319 e. The van der Waals surface area contributed by atoms with Crippen LogP contribution in [-0.2, 0) is 6.42 Å². The Balaban J connectivity index is 2.69. The SMILES string of the molecule is CNCC(C)C(C)Cc1cccc(F)c1Br. The molecule has 0 radical (unpaired) electrons. The van der Waals surface area contributed by atoms with Crippen LogP contribution < -0.4 is 5.32 Å². The van der Waals surface area contributed by atoms with Gasteiger partial charge in [-0.05, 0) is 59.4 Å². The van der Waals surface area contributed by atoms with Crippen molar-refractivity contribution in [2.75, 3.05) is 13.6 Å². The molecule has 1 rings (SSSR count). The van der Waals surface area contributed by atoms with Crippen LogP contribution in [0.2, 0.25) is 0 Å². The van der Waals surface area contributed by atoms with E-state index in [1.54, 1.807) is 6.07 Å². The summed E-state index contributed by atoms with van der Waals surface area (Å²) in [5.74, 6) is 0.941. The van der Waals surface area contributed by atoms with Crippen molar-refractivity contribution in [2.24, 2.45) is 11.8 Å². The minimum Gasteiger partial charge on any atom is -0.319 e. The molecule has 1 aromatic carbocycles. The number of halogens is 2. The van der Waals surface area contributed by atoms with E-state index in [1.165, 1.54) is 6.07 Å². The maximum Gasteiger partial charge on any atom is 0.137 e. The molecule has 0 amide bonds. The molecule has 3 heteroatoms. The molecular formula is C13H19BrFN. The predicted octanol–water partition coefficient (Wildman–Crippen LogP) is 3.62. The van der Waals surface area contributed by atoms with Crippen LogP contribution in [0.1, 0.15) is 19.4 Å². The molecule has 0 aliphatic heterocycles. The lowest BCUT2D eigenvalue weighted by atomic mass is 9.89. The lowest BCUT2D eigenvalue weighted by molar-refractivity contribution is 0.373. The molecule has 1 aromatic rings. The molecule has 0 bridgehead atoms. The van der Waals surface area contributed by atoms with Gasteiger partial charge in [-0.25, -0.2) is 4.39 Å². The van der Waals surface area contributed by atoms with Crippen LogP contribution in [0, 0.1) is 17.7 Å². The highest BCUT2D eigenvalue weighted by Gasteiger charge is 2.14. The summed E-state index contributed by atoms with van der Waals surface area (Å²) in [5, 5.41) is 3.17. The Hall–Kier alpha value is -0.410. The normalized spacial score (nSPS) is 14.8. The minimum absolute atomic E-state index is 0.175. The summed E-state index contributed by atoms with van der Waals surface area (Å²) >= 11 is 3.31. The summed E-state index contributed by atoms with van der Waals surface area (Å²) in [6.07, 6.45) is 0.904. The van der Waals surface area contributed by atoms with Gasteiger partial charge in [0, 0.05) is 0 Å². The molecule has 90 valence electrons. The number of rotatable bonds is 5. The van der Waals surface area contributed by atoms with Gasteiger partial charge >= 0.3 is 0 Å². The van der Waals surface area contributed by atoms with Crippen molar-refractivity contribution in [3.05, 3.63) is 34.1 Å². The highest BCUT2D eigenvalue weighted by atomic mass is 79.9. The molecule has 16 heavy (non-hydrogen) atoms. The zero-order valence-electron chi connectivity index (χ0n) is 10.1. The van der Waals surface area contributed by atoms with E-state index in [4.69, 9.17) is 0 Å². The van der Waals surface area contributed by atoms with Crippen molar-refractivity contribution >= 4 is 15.9 Å². The quantitative estimate of drug-likeness (QED) is 0.872. The highest BCUT2D eigenvalue weighted by molar-refractivity contribution is 9.10. The Morgan fingerprint density at radius 2 is 2.00 bits per heavy atom. The molecule has 0 aliphatic rings. The standard InChI is InChI=1S/C13H19BrFN/c1-9(10(2)8-16-3)7-11-5-4-6-12(15)13(11)14/h4-6,9-10,16H,7-8H2,1-3H3. The first-order valence-electron chi connectivity index (χ1n) is 5.63. The summed E-state index contributed by atoms with van der Waals surface area (Å²) in [5.41, 5.74) is 1.05. The summed E-state index contributed by atoms with van der Waals surface area (Å²) in [6, 6.07) is 5.23. The maximum atomic E-state index is 13.3. The fourth-order valence-corrected chi connectivity index (χ4v) is 2.20. The van der Waals surface area contributed by atoms with Crippen molar-refractivity contribution in [3.8, 4) is 0 Å². The topological polar surface area (TPSA) is 12.0 Å². The molecule has 0 saturated carbocycles. The van der Waals surface area contributed by atoms with Crippen LogP contribution >= 0.6 is 15.9 Å². The molecule has 0 fully saturated rings. The minimum atomic E-state index is -0.175. The average Bonchev–Trinajstić information content (AvgIpc) is 2.25. The van der Waals surface area contributed by atoms with Crippen molar-refractivity contribution in [3.63, 3.8) is 0 Å². The number of hydrogen-bond donors (Lipinski definition) is 1. The van der Waals surface area contributed by atoms with Gasteiger partial charge in [-0.1, -0.05) is 26.0 Å². The molecular weight excluding hydrogens is 269 g/mol. The Kier molecular flexibility index (Phi) is 5.42. The second-order valence-electron chi connectivity index (χ2n) is 4.43. The third kappa shape index (κ3) is 3.56. The molecule has 1 nitrogen and oxygen atoms in total. The molecule has 0 aromatic heterocycles. The van der Waals surface area contributed by atoms with E-state index in [0.717, 1.165) is 18.5 Å². The number of nitrogens with one attached hydrogen (secondary N) is 1. The van der Waals surface area contributed by atoms with E-state index in [9.17, 15) is 4.39 Å². The maximum absolute atomic E-state index is 13.3. The van der Waals surface area contributed by atoms with Crippen molar-refractivity contribution in [1.29, 1.82) is 0 Å². The van der Waals surface area contributed by atoms with Gasteiger partial charge < -0.3 is 5.32 Å². The van der Waals surface area contributed by atoms with Crippen LogP contribution in [0.15, 0.2) is 22.7 Å². The third-order valence-electron chi connectivity index (χ3n) is 3.07. The first kappa shape index (κ1) is 13.7. The Morgan fingerprint density at radius 3 is 2.62 bits per heavy atom. The second-order valence-corrected chi connectivity index (χ2v) is 5.22. The summed E-state index contributed by atoms with van der Waals surface area (Å²) in [4.78, 5) is 0.